The van der Waals surface area contributed by atoms with Gasteiger partial charge in [-0.2, -0.15) is 0 Å². The fourth-order valence-corrected chi connectivity index (χ4v) is 4.19. The molecule has 1 amide bonds. The van der Waals surface area contributed by atoms with Crippen LogP contribution in [0.2, 0.25) is 0 Å². The summed E-state index contributed by atoms with van der Waals surface area (Å²) in [6.45, 7) is 5.97. The molecule has 1 unspecified atom stereocenters. The highest BCUT2D eigenvalue weighted by Crippen LogP contribution is 2.41. The first kappa shape index (κ1) is 17.4. The molecule has 1 saturated heterocycles. The number of hydrazine groups is 1. The van der Waals surface area contributed by atoms with Crippen LogP contribution in [-0.4, -0.2) is 49.0 Å². The molecule has 4 nitrogen and oxygen atoms in total. The molecule has 0 bridgehead atoms. The van der Waals surface area contributed by atoms with E-state index in [1.165, 1.54) is 19.3 Å². The molecule has 0 radical (unpaired) electrons. The van der Waals surface area contributed by atoms with Gasteiger partial charge in [-0.1, -0.05) is 49.6 Å². The van der Waals surface area contributed by atoms with E-state index in [-0.39, 0.29) is 5.91 Å². The molecule has 1 saturated carbocycles. The summed E-state index contributed by atoms with van der Waals surface area (Å²) in [6.07, 6.45) is 6.11. The lowest BCUT2D eigenvalue weighted by molar-refractivity contribution is -0.134. The molecule has 1 aliphatic carbocycles. The van der Waals surface area contributed by atoms with Gasteiger partial charge in [-0.15, -0.1) is 0 Å². The fraction of sp³-hybridized carbons (Fsp3) is 0.650. The summed E-state index contributed by atoms with van der Waals surface area (Å²) in [5, 5.41) is 2.10. The van der Waals surface area contributed by atoms with Crippen molar-refractivity contribution in [3.8, 4) is 0 Å². The van der Waals surface area contributed by atoms with Crippen molar-refractivity contribution in [3.05, 3.63) is 35.9 Å². The quantitative estimate of drug-likeness (QED) is 0.923. The smallest absolute Gasteiger partial charge is 0.244 e. The normalized spacial score (nSPS) is 23.6. The van der Waals surface area contributed by atoms with Crippen molar-refractivity contribution in [2.24, 2.45) is 5.92 Å². The minimum Gasteiger partial charge on any atom is -0.304 e. The minimum absolute atomic E-state index is 0.171. The summed E-state index contributed by atoms with van der Waals surface area (Å²) in [7, 11) is 2.13. The molecule has 24 heavy (non-hydrogen) atoms. The largest absolute Gasteiger partial charge is 0.304 e. The summed E-state index contributed by atoms with van der Waals surface area (Å²) < 4.78 is 0. The number of amides is 1. The molecule has 0 spiro atoms. The van der Waals surface area contributed by atoms with E-state index < -0.39 is 5.41 Å². The number of nitrogens with one attached hydrogen (secondary N) is 1. The summed E-state index contributed by atoms with van der Waals surface area (Å²) in [5.74, 6) is 0.603. The van der Waals surface area contributed by atoms with Gasteiger partial charge in [-0.25, -0.2) is 5.01 Å². The lowest BCUT2D eigenvalue weighted by atomic mass is 9.65. The molecule has 2 aliphatic rings. The maximum Gasteiger partial charge on any atom is 0.244 e. The van der Waals surface area contributed by atoms with Gasteiger partial charge < -0.3 is 4.90 Å². The molecule has 4 heteroatoms. The van der Waals surface area contributed by atoms with Crippen LogP contribution in [0.15, 0.2) is 30.3 Å². The fourth-order valence-electron chi connectivity index (χ4n) is 4.19. The van der Waals surface area contributed by atoms with Gasteiger partial charge in [-0.05, 0) is 38.3 Å². The zero-order valence-corrected chi connectivity index (χ0v) is 15.1. The van der Waals surface area contributed by atoms with Crippen molar-refractivity contribution < 1.29 is 4.79 Å². The standard InChI is InChI=1S/C20H31N3O/c1-20(17-9-5-3-6-10-17,18-11-7-4-8-12-18)19(24)21-23-15-13-22(2)14-16-23/h3,5-6,9-10,18H,4,7-8,11-16H2,1-2H3,(H,21,24). The highest BCUT2D eigenvalue weighted by atomic mass is 16.2. The molecule has 0 aromatic heterocycles. The van der Waals surface area contributed by atoms with Gasteiger partial charge in [0.25, 0.3) is 0 Å². The number of hydrogen-bond donors (Lipinski definition) is 1. The molecule has 1 N–H and O–H groups in total. The van der Waals surface area contributed by atoms with Crippen molar-refractivity contribution in [1.82, 2.24) is 15.3 Å². The molecule has 3 rings (SSSR count). The Hall–Kier alpha value is -1.39. The van der Waals surface area contributed by atoms with Crippen LogP contribution in [0, 0.1) is 5.92 Å². The first-order valence-corrected chi connectivity index (χ1v) is 9.41. The molecule has 1 aromatic carbocycles. The van der Waals surface area contributed by atoms with Crippen LogP contribution in [-0.2, 0) is 10.2 Å². The van der Waals surface area contributed by atoms with E-state index in [1.54, 1.807) is 0 Å². The Morgan fingerprint density at radius 1 is 1.04 bits per heavy atom. The zero-order chi connectivity index (χ0) is 17.0. The lowest BCUT2D eigenvalue weighted by Gasteiger charge is -2.41. The minimum atomic E-state index is -0.439. The van der Waals surface area contributed by atoms with Crippen LogP contribution in [0.25, 0.3) is 0 Å². The van der Waals surface area contributed by atoms with E-state index in [9.17, 15) is 4.79 Å². The second-order valence-corrected chi connectivity index (χ2v) is 7.63. The van der Waals surface area contributed by atoms with Crippen LogP contribution in [0.4, 0.5) is 0 Å². The maximum absolute atomic E-state index is 13.3. The second-order valence-electron chi connectivity index (χ2n) is 7.63. The van der Waals surface area contributed by atoms with Crippen LogP contribution >= 0.6 is 0 Å². The number of hydrogen-bond acceptors (Lipinski definition) is 3. The number of piperazine rings is 1. The van der Waals surface area contributed by atoms with Crippen molar-refractivity contribution in [1.29, 1.82) is 0 Å². The molecule has 1 aliphatic heterocycles. The van der Waals surface area contributed by atoms with Crippen molar-refractivity contribution in [3.63, 3.8) is 0 Å². The Kier molecular flexibility index (Phi) is 5.57. The Balaban J connectivity index is 1.80. The SMILES string of the molecule is CN1CCN(NC(=O)C(C)(c2ccccc2)C2CCCCC2)CC1. The molecular weight excluding hydrogens is 298 g/mol. The van der Waals surface area contributed by atoms with E-state index in [0.29, 0.717) is 5.92 Å². The van der Waals surface area contributed by atoms with Crippen LogP contribution in [0.3, 0.4) is 0 Å². The van der Waals surface area contributed by atoms with Crippen molar-refractivity contribution >= 4 is 5.91 Å². The molecule has 132 valence electrons. The van der Waals surface area contributed by atoms with E-state index in [0.717, 1.165) is 44.6 Å². The third-order valence-corrected chi connectivity index (χ3v) is 6.03. The highest BCUT2D eigenvalue weighted by Gasteiger charge is 2.43. The number of benzene rings is 1. The third kappa shape index (κ3) is 3.65. The number of nitrogens with zero attached hydrogens (tertiary/aromatic N) is 2. The van der Waals surface area contributed by atoms with Crippen LogP contribution in [0.1, 0.15) is 44.6 Å². The van der Waals surface area contributed by atoms with Gasteiger partial charge in [0.15, 0.2) is 0 Å². The Morgan fingerprint density at radius 2 is 1.67 bits per heavy atom. The average Bonchev–Trinajstić information content (AvgIpc) is 2.64. The lowest BCUT2D eigenvalue weighted by Crippen LogP contribution is -2.58. The first-order chi connectivity index (χ1) is 11.6. The Morgan fingerprint density at radius 3 is 2.29 bits per heavy atom. The molecule has 2 fully saturated rings. The van der Waals surface area contributed by atoms with Crippen molar-refractivity contribution in [2.45, 2.75) is 44.4 Å². The highest BCUT2D eigenvalue weighted by molar-refractivity contribution is 5.87. The van der Waals surface area contributed by atoms with E-state index >= 15 is 0 Å². The summed E-state index contributed by atoms with van der Waals surface area (Å²) in [4.78, 5) is 15.7. The number of carbonyl (C=O) groups is 1. The Labute approximate surface area is 146 Å². The van der Waals surface area contributed by atoms with E-state index in [2.05, 4.69) is 53.6 Å². The average molecular weight is 329 g/mol. The van der Waals surface area contributed by atoms with Gasteiger partial charge >= 0.3 is 0 Å². The molecule has 1 atom stereocenters. The topological polar surface area (TPSA) is 35.6 Å². The first-order valence-electron chi connectivity index (χ1n) is 9.41. The zero-order valence-electron chi connectivity index (χ0n) is 15.1. The van der Waals surface area contributed by atoms with Crippen molar-refractivity contribution in [2.75, 3.05) is 33.2 Å². The van der Waals surface area contributed by atoms with Crippen LogP contribution in [0.5, 0.6) is 0 Å². The molecule has 1 aromatic rings. The summed E-state index contributed by atoms with van der Waals surface area (Å²) in [5.41, 5.74) is 3.96. The van der Waals surface area contributed by atoms with Gasteiger partial charge in [0, 0.05) is 26.2 Å². The van der Waals surface area contributed by atoms with E-state index in [4.69, 9.17) is 0 Å². The van der Waals surface area contributed by atoms with Gasteiger partial charge in [0.1, 0.15) is 0 Å². The van der Waals surface area contributed by atoms with Gasteiger partial charge in [-0.3, -0.25) is 10.2 Å². The predicted octanol–water partition coefficient (Wildman–Crippen LogP) is 2.80. The maximum atomic E-state index is 13.3. The van der Waals surface area contributed by atoms with Crippen LogP contribution < -0.4 is 5.43 Å². The number of likely N-dealkylation sites (N-methyl/N-ethyl adjacent to an activating group) is 1. The molecule has 1 heterocycles. The van der Waals surface area contributed by atoms with Gasteiger partial charge in [0.2, 0.25) is 5.91 Å². The monoisotopic (exact) mass is 329 g/mol. The number of rotatable bonds is 4. The summed E-state index contributed by atoms with van der Waals surface area (Å²) in [6, 6.07) is 10.4. The number of carbonyl (C=O) groups excluding carboxylic acids is 1. The predicted molar refractivity (Wildman–Crippen MR) is 97.6 cm³/mol. The van der Waals surface area contributed by atoms with E-state index in [1.807, 2.05) is 6.07 Å². The Bertz CT molecular complexity index is 533. The second kappa shape index (κ2) is 7.66. The summed E-state index contributed by atoms with van der Waals surface area (Å²) >= 11 is 0. The van der Waals surface area contributed by atoms with Gasteiger partial charge in [0.05, 0.1) is 5.41 Å². The third-order valence-electron chi connectivity index (χ3n) is 6.03. The molecular formula is C20H31N3O.